The minimum Gasteiger partial charge on any atom is -0.464 e. The summed E-state index contributed by atoms with van der Waals surface area (Å²) in [7, 11) is -4.05. The van der Waals surface area contributed by atoms with E-state index in [0.717, 1.165) is 25.7 Å². The fourth-order valence-corrected chi connectivity index (χ4v) is 4.80. The van der Waals surface area contributed by atoms with E-state index in [1.54, 1.807) is 13.0 Å². The van der Waals surface area contributed by atoms with Crippen molar-refractivity contribution in [2.75, 3.05) is 11.9 Å². The van der Waals surface area contributed by atoms with Gasteiger partial charge in [0.25, 0.3) is 10.0 Å². The van der Waals surface area contributed by atoms with Gasteiger partial charge in [0.05, 0.1) is 11.5 Å². The molecule has 0 aliphatic carbocycles. The maximum absolute atomic E-state index is 12.6. The molecule has 0 saturated carbocycles. The summed E-state index contributed by atoms with van der Waals surface area (Å²) in [6.45, 7) is 5.45. The van der Waals surface area contributed by atoms with Gasteiger partial charge in [0.15, 0.2) is 6.10 Å². The van der Waals surface area contributed by atoms with Gasteiger partial charge in [0.1, 0.15) is 0 Å². The van der Waals surface area contributed by atoms with Gasteiger partial charge in [0.2, 0.25) is 5.91 Å². The topological polar surface area (TPSA) is 111 Å². The summed E-state index contributed by atoms with van der Waals surface area (Å²) in [5.41, 5.74) is 0.347. The number of unbranched alkanes of at least 4 members (excludes halogenated alkanes) is 12. The Labute approximate surface area is 217 Å². The van der Waals surface area contributed by atoms with Crippen LogP contribution < -0.4 is 10.2 Å². The molecule has 0 saturated heterocycles. The maximum atomic E-state index is 12.6. The summed E-state index contributed by atoms with van der Waals surface area (Å²) in [4.78, 5) is 30.8. The van der Waals surface area contributed by atoms with E-state index < -0.39 is 22.1 Å². The number of amides is 1. The van der Waals surface area contributed by atoms with E-state index in [9.17, 15) is 18.0 Å². The highest BCUT2D eigenvalue weighted by atomic mass is 32.2. The monoisotopic (exact) mass is 526 g/mol. The molecule has 1 aromatic rings. The first-order chi connectivity index (χ1) is 17.3. The minimum atomic E-state index is -4.05. The number of sulfonamides is 1. The van der Waals surface area contributed by atoms with Gasteiger partial charge in [-0.15, -0.1) is 0 Å². The summed E-state index contributed by atoms with van der Waals surface area (Å²) < 4.78 is 30.3. The van der Waals surface area contributed by atoms with Crippen LogP contribution in [-0.2, 0) is 29.2 Å². The fourth-order valence-electron chi connectivity index (χ4n) is 3.92. The molecule has 2 N–H and O–H groups in total. The van der Waals surface area contributed by atoms with Gasteiger partial charge in [-0.3, -0.25) is 9.63 Å². The molecule has 36 heavy (non-hydrogen) atoms. The van der Waals surface area contributed by atoms with Crippen LogP contribution in [0.5, 0.6) is 0 Å². The summed E-state index contributed by atoms with van der Waals surface area (Å²) in [6, 6.07) is 5.79. The molecule has 1 aromatic carbocycles. The van der Waals surface area contributed by atoms with E-state index >= 15 is 0 Å². The SMILES string of the molecule is CCCCCCCCCCCCCCCC(ONS(=O)(=O)c1cccc(NC(C)=O)c1)C(=O)OCC. The highest BCUT2D eigenvalue weighted by molar-refractivity contribution is 7.89. The van der Waals surface area contributed by atoms with Crippen molar-refractivity contribution in [1.29, 1.82) is 0 Å². The van der Waals surface area contributed by atoms with Crippen LogP contribution in [0, 0.1) is 0 Å². The summed E-state index contributed by atoms with van der Waals surface area (Å²) in [5.74, 6) is -0.903. The molecule has 0 aliphatic rings. The van der Waals surface area contributed by atoms with Gasteiger partial charge >= 0.3 is 5.97 Å². The third-order valence-corrected chi connectivity index (χ3v) is 7.07. The van der Waals surface area contributed by atoms with Gasteiger partial charge in [-0.2, -0.15) is 0 Å². The van der Waals surface area contributed by atoms with Gasteiger partial charge in [0, 0.05) is 12.6 Å². The van der Waals surface area contributed by atoms with Crippen molar-refractivity contribution < 1.29 is 27.6 Å². The Hall–Kier alpha value is -1.97. The Bertz CT molecular complexity index is 860. The van der Waals surface area contributed by atoms with E-state index in [-0.39, 0.29) is 17.4 Å². The van der Waals surface area contributed by atoms with E-state index in [4.69, 9.17) is 9.57 Å². The van der Waals surface area contributed by atoms with Crippen molar-refractivity contribution in [1.82, 2.24) is 4.89 Å². The summed E-state index contributed by atoms with van der Waals surface area (Å²) in [5, 5.41) is 2.54. The van der Waals surface area contributed by atoms with Crippen LogP contribution >= 0.6 is 0 Å². The first kappa shape index (κ1) is 32.1. The lowest BCUT2D eigenvalue weighted by Crippen LogP contribution is -2.35. The van der Waals surface area contributed by atoms with Gasteiger partial charge in [-0.25, -0.2) is 13.2 Å². The van der Waals surface area contributed by atoms with Gasteiger partial charge in [-0.1, -0.05) is 101 Å². The third kappa shape index (κ3) is 14.6. The maximum Gasteiger partial charge on any atom is 0.337 e. The van der Waals surface area contributed by atoms with Crippen LogP contribution in [0.25, 0.3) is 0 Å². The molecule has 0 aliphatic heterocycles. The van der Waals surface area contributed by atoms with Gasteiger partial charge in [-0.05, 0) is 31.5 Å². The zero-order valence-electron chi connectivity index (χ0n) is 22.4. The molecule has 1 unspecified atom stereocenters. The van der Waals surface area contributed by atoms with Crippen molar-refractivity contribution >= 4 is 27.6 Å². The lowest BCUT2D eigenvalue weighted by Gasteiger charge is -2.17. The fraction of sp³-hybridized carbons (Fsp3) is 0.704. The van der Waals surface area contributed by atoms with Crippen molar-refractivity contribution in [3.8, 4) is 0 Å². The molecule has 1 amide bonds. The predicted molar refractivity (Wildman–Crippen MR) is 143 cm³/mol. The number of esters is 1. The van der Waals surface area contributed by atoms with Crippen LogP contribution in [0.2, 0.25) is 0 Å². The largest absolute Gasteiger partial charge is 0.464 e. The summed E-state index contributed by atoms with van der Waals surface area (Å²) in [6.07, 6.45) is 15.1. The van der Waals surface area contributed by atoms with Crippen molar-refractivity contribution in [2.24, 2.45) is 0 Å². The molecule has 9 heteroatoms. The van der Waals surface area contributed by atoms with Crippen molar-refractivity contribution in [3.05, 3.63) is 24.3 Å². The molecule has 8 nitrogen and oxygen atoms in total. The highest BCUT2D eigenvalue weighted by Gasteiger charge is 2.24. The molecule has 0 spiro atoms. The van der Waals surface area contributed by atoms with Crippen molar-refractivity contribution in [2.45, 2.75) is 122 Å². The Kier molecular flexibility index (Phi) is 17.1. The Morgan fingerprint density at radius 3 is 1.94 bits per heavy atom. The molecule has 0 fully saturated rings. The van der Waals surface area contributed by atoms with Crippen LogP contribution in [0.15, 0.2) is 29.2 Å². The second-order valence-electron chi connectivity index (χ2n) is 9.19. The van der Waals surface area contributed by atoms with Crippen LogP contribution in [0.4, 0.5) is 5.69 Å². The smallest absolute Gasteiger partial charge is 0.337 e. The number of ether oxygens (including phenoxy) is 1. The first-order valence-corrected chi connectivity index (χ1v) is 15.0. The molecular formula is C27H46N2O6S. The third-order valence-electron chi connectivity index (χ3n) is 5.88. The zero-order valence-corrected chi connectivity index (χ0v) is 23.2. The predicted octanol–water partition coefficient (Wildman–Crippen LogP) is 6.27. The molecule has 0 bridgehead atoms. The number of hydrogen-bond donors (Lipinski definition) is 2. The second-order valence-corrected chi connectivity index (χ2v) is 10.8. The first-order valence-electron chi connectivity index (χ1n) is 13.5. The van der Waals surface area contributed by atoms with E-state index in [1.165, 1.54) is 82.9 Å². The van der Waals surface area contributed by atoms with E-state index in [0.29, 0.717) is 12.1 Å². The number of anilines is 1. The number of carbonyl (C=O) groups excluding carboxylic acids is 2. The van der Waals surface area contributed by atoms with Crippen molar-refractivity contribution in [3.63, 3.8) is 0 Å². The average Bonchev–Trinajstić information content (AvgIpc) is 2.83. The Morgan fingerprint density at radius 1 is 0.861 bits per heavy atom. The Morgan fingerprint density at radius 2 is 1.42 bits per heavy atom. The van der Waals surface area contributed by atoms with Crippen LogP contribution in [0.1, 0.15) is 111 Å². The Balaban J connectivity index is 2.38. The molecule has 0 heterocycles. The molecule has 0 aromatic heterocycles. The number of rotatable bonds is 21. The minimum absolute atomic E-state index is 0.0858. The number of hydrogen-bond acceptors (Lipinski definition) is 6. The van der Waals surface area contributed by atoms with E-state index in [2.05, 4.69) is 17.1 Å². The van der Waals surface area contributed by atoms with Crippen LogP contribution in [0.3, 0.4) is 0 Å². The highest BCUT2D eigenvalue weighted by Crippen LogP contribution is 2.17. The van der Waals surface area contributed by atoms with Crippen LogP contribution in [-0.4, -0.2) is 33.0 Å². The molecule has 1 rings (SSSR count). The van der Waals surface area contributed by atoms with Gasteiger partial charge < -0.3 is 10.1 Å². The zero-order chi connectivity index (χ0) is 26.7. The molecular weight excluding hydrogens is 480 g/mol. The number of benzene rings is 1. The second kappa shape index (κ2) is 19.2. The number of carbonyl (C=O) groups is 2. The van der Waals surface area contributed by atoms with E-state index in [1.807, 2.05) is 0 Å². The lowest BCUT2D eigenvalue weighted by atomic mass is 10.0. The quantitative estimate of drug-likeness (QED) is 0.111. The molecule has 206 valence electrons. The molecule has 1 atom stereocenters. The normalized spacial score (nSPS) is 12.3. The number of nitrogens with one attached hydrogen (secondary N) is 2. The summed E-state index contributed by atoms with van der Waals surface area (Å²) >= 11 is 0. The average molecular weight is 527 g/mol. The standard InChI is InChI=1S/C27H46N2O6S/c1-4-6-7-8-9-10-11-12-13-14-15-16-17-21-26(27(31)34-5-2)35-29-36(32,33)25-20-18-19-24(22-25)28-23(3)30/h18-20,22,26,29H,4-17,21H2,1-3H3,(H,28,30). The lowest BCUT2D eigenvalue weighted by molar-refractivity contribution is -0.159. The molecule has 0 radical (unpaired) electrons.